The van der Waals surface area contributed by atoms with Gasteiger partial charge in [-0.2, -0.15) is 0 Å². The Morgan fingerprint density at radius 3 is 2.50 bits per heavy atom. The number of hydrogen-bond acceptors (Lipinski definition) is 0. The second-order valence-electron chi connectivity index (χ2n) is 4.01. The van der Waals surface area contributed by atoms with E-state index in [1.165, 1.54) is 0 Å². The Bertz CT molecular complexity index is 580. The molecule has 1 atom stereocenters. The quantitative estimate of drug-likeness (QED) is 0.497. The van der Waals surface area contributed by atoms with E-state index in [1.54, 1.807) is 0 Å². The molecule has 1 unspecified atom stereocenters. The minimum atomic E-state index is -0.274. The SMILES string of the molecule is Cc1cccc(C(Cl)c2cc(Br)ccc2Br)c1Cl. The standard InChI is InChI=1S/C14H10Br2Cl2/c1-8-3-2-4-10(13(8)17)14(18)11-7-9(15)5-6-12(11)16/h2-7,14H,1H3. The van der Waals surface area contributed by atoms with Gasteiger partial charge in [0.05, 0.1) is 5.38 Å². The second kappa shape index (κ2) is 5.96. The van der Waals surface area contributed by atoms with Crippen LogP contribution in [0.5, 0.6) is 0 Å². The monoisotopic (exact) mass is 406 g/mol. The number of benzene rings is 2. The third-order valence-corrected chi connectivity index (χ3v) is 4.93. The molecule has 0 amide bonds. The molecule has 0 saturated heterocycles. The van der Waals surface area contributed by atoms with Crippen molar-refractivity contribution in [1.29, 1.82) is 0 Å². The molecule has 2 rings (SSSR count). The van der Waals surface area contributed by atoms with Crippen molar-refractivity contribution in [2.24, 2.45) is 0 Å². The maximum atomic E-state index is 6.55. The van der Waals surface area contributed by atoms with Gasteiger partial charge in [0.2, 0.25) is 0 Å². The fourth-order valence-electron chi connectivity index (χ4n) is 1.74. The van der Waals surface area contributed by atoms with Crippen molar-refractivity contribution in [2.75, 3.05) is 0 Å². The van der Waals surface area contributed by atoms with E-state index >= 15 is 0 Å². The van der Waals surface area contributed by atoms with Crippen molar-refractivity contribution in [3.8, 4) is 0 Å². The van der Waals surface area contributed by atoms with E-state index < -0.39 is 0 Å². The highest BCUT2D eigenvalue weighted by molar-refractivity contribution is 9.11. The van der Waals surface area contributed by atoms with Gasteiger partial charge in [0.1, 0.15) is 0 Å². The van der Waals surface area contributed by atoms with Crippen LogP contribution >= 0.6 is 55.1 Å². The van der Waals surface area contributed by atoms with Gasteiger partial charge in [0.15, 0.2) is 0 Å². The number of hydrogen-bond donors (Lipinski definition) is 0. The largest absolute Gasteiger partial charge is 0.112 e. The average Bonchev–Trinajstić information content (AvgIpc) is 2.35. The molecule has 0 aromatic heterocycles. The summed E-state index contributed by atoms with van der Waals surface area (Å²) in [5.41, 5.74) is 2.96. The van der Waals surface area contributed by atoms with Crippen LogP contribution < -0.4 is 0 Å². The molecule has 0 heterocycles. The average molecular weight is 409 g/mol. The lowest BCUT2D eigenvalue weighted by atomic mass is 10.0. The van der Waals surface area contributed by atoms with Gasteiger partial charge >= 0.3 is 0 Å². The van der Waals surface area contributed by atoms with Crippen LogP contribution in [0.4, 0.5) is 0 Å². The number of alkyl halides is 1. The molecule has 0 nitrogen and oxygen atoms in total. The van der Waals surface area contributed by atoms with E-state index in [-0.39, 0.29) is 5.38 Å². The summed E-state index contributed by atoms with van der Waals surface area (Å²) in [5.74, 6) is 0. The van der Waals surface area contributed by atoms with E-state index in [9.17, 15) is 0 Å². The summed E-state index contributed by atoms with van der Waals surface area (Å²) in [6, 6.07) is 11.8. The molecule has 0 saturated carbocycles. The Morgan fingerprint density at radius 2 is 1.78 bits per heavy atom. The highest BCUT2D eigenvalue weighted by atomic mass is 79.9. The van der Waals surface area contributed by atoms with Gasteiger partial charge in [0, 0.05) is 14.0 Å². The highest BCUT2D eigenvalue weighted by Crippen LogP contribution is 2.39. The van der Waals surface area contributed by atoms with Gasteiger partial charge in [-0.1, -0.05) is 61.7 Å². The molecule has 94 valence electrons. The predicted molar refractivity (Wildman–Crippen MR) is 85.7 cm³/mol. The highest BCUT2D eigenvalue weighted by Gasteiger charge is 2.17. The summed E-state index contributed by atoms with van der Waals surface area (Å²) in [6.07, 6.45) is 0. The molecular weight excluding hydrogens is 399 g/mol. The first-order valence-electron chi connectivity index (χ1n) is 5.34. The van der Waals surface area contributed by atoms with Crippen LogP contribution in [-0.2, 0) is 0 Å². The van der Waals surface area contributed by atoms with E-state index in [4.69, 9.17) is 23.2 Å². The van der Waals surface area contributed by atoms with E-state index in [0.29, 0.717) is 0 Å². The van der Waals surface area contributed by atoms with Gasteiger partial charge in [0.25, 0.3) is 0 Å². The maximum Gasteiger partial charge on any atom is 0.0861 e. The van der Waals surface area contributed by atoms with Crippen molar-refractivity contribution in [1.82, 2.24) is 0 Å². The van der Waals surface area contributed by atoms with Gasteiger partial charge in [-0.15, -0.1) is 11.6 Å². The van der Waals surface area contributed by atoms with E-state index in [2.05, 4.69) is 31.9 Å². The molecule has 2 aromatic rings. The maximum absolute atomic E-state index is 6.55. The minimum Gasteiger partial charge on any atom is -0.112 e. The molecule has 0 N–H and O–H groups in total. The molecule has 0 spiro atoms. The van der Waals surface area contributed by atoms with Crippen LogP contribution in [0.1, 0.15) is 22.1 Å². The Hall–Kier alpha value is -0.0200. The lowest BCUT2D eigenvalue weighted by Crippen LogP contribution is -1.97. The van der Waals surface area contributed by atoms with Crippen molar-refractivity contribution in [2.45, 2.75) is 12.3 Å². The zero-order valence-corrected chi connectivity index (χ0v) is 14.2. The second-order valence-corrected chi connectivity index (χ2v) is 6.59. The van der Waals surface area contributed by atoms with Gasteiger partial charge in [-0.05, 0) is 41.8 Å². The number of rotatable bonds is 2. The Morgan fingerprint density at radius 1 is 1.06 bits per heavy atom. The topological polar surface area (TPSA) is 0 Å². The summed E-state index contributed by atoms with van der Waals surface area (Å²) in [5, 5.41) is 0.452. The van der Waals surface area contributed by atoms with Crippen molar-refractivity contribution >= 4 is 55.1 Å². The molecule has 18 heavy (non-hydrogen) atoms. The summed E-state index contributed by atoms with van der Waals surface area (Å²) < 4.78 is 1.97. The minimum absolute atomic E-state index is 0.274. The normalized spacial score (nSPS) is 12.5. The first-order valence-corrected chi connectivity index (χ1v) is 7.74. The van der Waals surface area contributed by atoms with Gasteiger partial charge in [-0.3, -0.25) is 0 Å². The molecule has 0 radical (unpaired) electrons. The lowest BCUT2D eigenvalue weighted by Gasteiger charge is -2.15. The molecule has 0 aliphatic rings. The third kappa shape index (κ3) is 2.93. The molecule has 0 aliphatic carbocycles. The summed E-state index contributed by atoms with van der Waals surface area (Å²) in [4.78, 5) is 0. The molecule has 0 fully saturated rings. The van der Waals surface area contributed by atoms with Gasteiger partial charge in [-0.25, -0.2) is 0 Å². The molecule has 0 bridgehead atoms. The van der Waals surface area contributed by atoms with Gasteiger partial charge < -0.3 is 0 Å². The Kier molecular flexibility index (Phi) is 4.76. The first kappa shape index (κ1) is 14.4. The van der Waals surface area contributed by atoms with Crippen LogP contribution in [-0.4, -0.2) is 0 Å². The smallest absolute Gasteiger partial charge is 0.0861 e. The van der Waals surface area contributed by atoms with Crippen LogP contribution in [0.3, 0.4) is 0 Å². The van der Waals surface area contributed by atoms with Crippen molar-refractivity contribution in [3.05, 3.63) is 67.1 Å². The lowest BCUT2D eigenvalue weighted by molar-refractivity contribution is 1.12. The first-order chi connectivity index (χ1) is 8.50. The molecular formula is C14H10Br2Cl2. The molecule has 2 aromatic carbocycles. The van der Waals surface area contributed by atoms with Crippen LogP contribution in [0.15, 0.2) is 45.3 Å². The van der Waals surface area contributed by atoms with Crippen LogP contribution in [0.25, 0.3) is 0 Å². The van der Waals surface area contributed by atoms with E-state index in [0.717, 1.165) is 30.7 Å². The molecule has 4 heteroatoms. The van der Waals surface area contributed by atoms with E-state index in [1.807, 2.05) is 43.3 Å². The van der Waals surface area contributed by atoms with Crippen LogP contribution in [0, 0.1) is 6.92 Å². The Labute approximate surface area is 134 Å². The van der Waals surface area contributed by atoms with Crippen molar-refractivity contribution in [3.63, 3.8) is 0 Å². The third-order valence-electron chi connectivity index (χ3n) is 2.73. The zero-order chi connectivity index (χ0) is 13.3. The zero-order valence-electron chi connectivity index (χ0n) is 9.55. The Balaban J connectivity index is 2.51. The van der Waals surface area contributed by atoms with Crippen LogP contribution in [0.2, 0.25) is 5.02 Å². The summed E-state index contributed by atoms with van der Waals surface area (Å²) in [6.45, 7) is 1.98. The summed E-state index contributed by atoms with van der Waals surface area (Å²) >= 11 is 19.9. The fraction of sp³-hybridized carbons (Fsp3) is 0.143. The molecule has 0 aliphatic heterocycles. The number of halogens is 4. The van der Waals surface area contributed by atoms with Crippen molar-refractivity contribution < 1.29 is 0 Å². The fourth-order valence-corrected chi connectivity index (χ4v) is 3.38. The summed E-state index contributed by atoms with van der Waals surface area (Å²) in [7, 11) is 0. The number of aryl methyl sites for hydroxylation is 1. The predicted octanol–water partition coefficient (Wildman–Crippen LogP) is 6.50.